The van der Waals surface area contributed by atoms with E-state index in [2.05, 4.69) is 37.9 Å². The summed E-state index contributed by atoms with van der Waals surface area (Å²) in [7, 11) is 2.15. The molecule has 20 heavy (non-hydrogen) atoms. The fraction of sp³-hybridized carbons (Fsp3) is 0.647. The summed E-state index contributed by atoms with van der Waals surface area (Å²) in [6, 6.07) is 6.26. The van der Waals surface area contributed by atoms with E-state index < -0.39 is 0 Å². The molecule has 0 unspecified atom stereocenters. The first kappa shape index (κ1) is 17.0. The van der Waals surface area contributed by atoms with Gasteiger partial charge in [0.1, 0.15) is 5.75 Å². The molecule has 0 aromatic heterocycles. The Bertz CT molecular complexity index is 379. The summed E-state index contributed by atoms with van der Waals surface area (Å²) in [4.78, 5) is 2.33. The Balaban J connectivity index is 2.10. The van der Waals surface area contributed by atoms with Crippen LogP contribution in [0.3, 0.4) is 0 Å². The zero-order valence-corrected chi connectivity index (χ0v) is 13.2. The maximum Gasteiger partial charge on any atom is 0.119 e. The van der Waals surface area contributed by atoms with Gasteiger partial charge in [-0.3, -0.25) is 0 Å². The second kappa shape index (κ2) is 9.78. The van der Waals surface area contributed by atoms with Gasteiger partial charge in [-0.25, -0.2) is 0 Å². The molecule has 0 aliphatic carbocycles. The van der Waals surface area contributed by atoms with E-state index in [0.29, 0.717) is 6.61 Å². The maximum atomic E-state index is 8.72. The Morgan fingerprint density at radius 1 is 1.00 bits per heavy atom. The molecule has 0 bridgehead atoms. The molecule has 0 aliphatic rings. The van der Waals surface area contributed by atoms with Crippen LogP contribution in [0.4, 0.5) is 0 Å². The third kappa shape index (κ3) is 6.92. The largest absolute Gasteiger partial charge is 0.494 e. The van der Waals surface area contributed by atoms with Crippen molar-refractivity contribution in [1.29, 1.82) is 0 Å². The molecule has 3 nitrogen and oxygen atoms in total. The lowest BCUT2D eigenvalue weighted by atomic mass is 10.1. The van der Waals surface area contributed by atoms with Crippen LogP contribution in [0.1, 0.15) is 36.8 Å². The number of aryl methyl sites for hydroxylation is 2. The number of unbranched alkanes of at least 4 members (excludes halogenated alkanes) is 2. The topological polar surface area (TPSA) is 32.7 Å². The summed E-state index contributed by atoms with van der Waals surface area (Å²) in [6.45, 7) is 7.47. The van der Waals surface area contributed by atoms with Gasteiger partial charge in [-0.15, -0.1) is 0 Å². The Labute approximate surface area is 123 Å². The van der Waals surface area contributed by atoms with E-state index in [1.807, 2.05) is 6.07 Å². The molecular formula is C17H29NO2. The van der Waals surface area contributed by atoms with Gasteiger partial charge in [0.05, 0.1) is 6.61 Å². The van der Waals surface area contributed by atoms with Crippen LogP contribution in [0.15, 0.2) is 18.2 Å². The predicted octanol–water partition coefficient (Wildman–Crippen LogP) is 3.17. The third-order valence-electron chi connectivity index (χ3n) is 3.63. The molecule has 0 atom stereocenters. The number of rotatable bonds is 10. The van der Waals surface area contributed by atoms with Crippen LogP contribution in [-0.4, -0.2) is 43.4 Å². The zero-order valence-electron chi connectivity index (χ0n) is 13.2. The molecule has 3 heteroatoms. The summed E-state index contributed by atoms with van der Waals surface area (Å²) in [6.07, 6.45) is 4.24. The monoisotopic (exact) mass is 279 g/mol. The van der Waals surface area contributed by atoms with E-state index in [0.717, 1.165) is 51.1 Å². The SMILES string of the molecule is Cc1ccc(OCCCN(C)CCCCCO)cc1C. The molecule has 0 fully saturated rings. The average Bonchev–Trinajstić information content (AvgIpc) is 2.43. The number of hydrogen-bond donors (Lipinski definition) is 1. The minimum atomic E-state index is 0.313. The smallest absolute Gasteiger partial charge is 0.119 e. The van der Waals surface area contributed by atoms with Crippen molar-refractivity contribution in [2.75, 3.05) is 33.4 Å². The van der Waals surface area contributed by atoms with Gasteiger partial charge in [-0.1, -0.05) is 6.07 Å². The minimum Gasteiger partial charge on any atom is -0.494 e. The second-order valence-corrected chi connectivity index (χ2v) is 5.54. The fourth-order valence-corrected chi connectivity index (χ4v) is 2.11. The molecule has 114 valence electrons. The molecule has 0 radical (unpaired) electrons. The highest BCUT2D eigenvalue weighted by Gasteiger charge is 2.00. The van der Waals surface area contributed by atoms with Gasteiger partial charge in [-0.2, -0.15) is 0 Å². The molecule has 1 aromatic carbocycles. The van der Waals surface area contributed by atoms with Gasteiger partial charge < -0.3 is 14.7 Å². The molecule has 0 amide bonds. The van der Waals surface area contributed by atoms with E-state index in [-0.39, 0.29) is 0 Å². The van der Waals surface area contributed by atoms with Crippen LogP contribution in [-0.2, 0) is 0 Å². The highest BCUT2D eigenvalue weighted by atomic mass is 16.5. The van der Waals surface area contributed by atoms with Crippen LogP contribution < -0.4 is 4.74 Å². The Hall–Kier alpha value is -1.06. The van der Waals surface area contributed by atoms with Crippen LogP contribution in [0, 0.1) is 13.8 Å². The van der Waals surface area contributed by atoms with Crippen molar-refractivity contribution in [3.63, 3.8) is 0 Å². The van der Waals surface area contributed by atoms with Crippen LogP contribution >= 0.6 is 0 Å². The number of nitrogens with zero attached hydrogens (tertiary/aromatic N) is 1. The first-order valence-electron chi connectivity index (χ1n) is 7.63. The maximum absolute atomic E-state index is 8.72. The van der Waals surface area contributed by atoms with Crippen LogP contribution in [0.25, 0.3) is 0 Å². The molecule has 0 spiro atoms. The third-order valence-corrected chi connectivity index (χ3v) is 3.63. The predicted molar refractivity (Wildman–Crippen MR) is 84.5 cm³/mol. The normalized spacial score (nSPS) is 11.1. The molecule has 1 aromatic rings. The van der Waals surface area contributed by atoms with Crippen molar-refractivity contribution in [2.45, 2.75) is 39.5 Å². The van der Waals surface area contributed by atoms with E-state index in [9.17, 15) is 0 Å². The summed E-state index contributed by atoms with van der Waals surface area (Å²) in [5.41, 5.74) is 2.59. The summed E-state index contributed by atoms with van der Waals surface area (Å²) in [5.74, 6) is 0.971. The van der Waals surface area contributed by atoms with E-state index in [4.69, 9.17) is 9.84 Å². The molecule has 1 N–H and O–H groups in total. The van der Waals surface area contributed by atoms with E-state index >= 15 is 0 Å². The Kier molecular flexibility index (Phi) is 8.31. The first-order valence-corrected chi connectivity index (χ1v) is 7.63. The second-order valence-electron chi connectivity index (χ2n) is 5.54. The lowest BCUT2D eigenvalue weighted by Gasteiger charge is -2.16. The highest BCUT2D eigenvalue weighted by molar-refractivity contribution is 5.33. The van der Waals surface area contributed by atoms with Gasteiger partial charge in [0.15, 0.2) is 0 Å². The number of benzene rings is 1. The fourth-order valence-electron chi connectivity index (χ4n) is 2.11. The van der Waals surface area contributed by atoms with Crippen LogP contribution in [0.2, 0.25) is 0 Å². The molecule has 0 saturated heterocycles. The number of ether oxygens (including phenoxy) is 1. The molecule has 1 rings (SSSR count). The van der Waals surface area contributed by atoms with Crippen molar-refractivity contribution in [3.8, 4) is 5.75 Å². The van der Waals surface area contributed by atoms with Crippen molar-refractivity contribution < 1.29 is 9.84 Å². The lowest BCUT2D eigenvalue weighted by molar-refractivity contribution is 0.252. The highest BCUT2D eigenvalue weighted by Crippen LogP contribution is 2.16. The quantitative estimate of drug-likeness (QED) is 0.668. The van der Waals surface area contributed by atoms with Gasteiger partial charge >= 0.3 is 0 Å². The first-order chi connectivity index (χ1) is 9.63. The number of aliphatic hydroxyl groups is 1. The summed E-state index contributed by atoms with van der Waals surface area (Å²) >= 11 is 0. The van der Waals surface area contributed by atoms with Crippen molar-refractivity contribution in [1.82, 2.24) is 4.90 Å². The lowest BCUT2D eigenvalue weighted by Crippen LogP contribution is -2.22. The number of hydrogen-bond acceptors (Lipinski definition) is 3. The standard InChI is InChI=1S/C17H29NO2/c1-15-8-9-17(14-16(15)2)20-13-7-11-18(3)10-5-4-6-12-19/h8-9,14,19H,4-7,10-13H2,1-3H3. The van der Waals surface area contributed by atoms with Gasteiger partial charge in [-0.05, 0) is 76.4 Å². The van der Waals surface area contributed by atoms with E-state index in [1.54, 1.807) is 0 Å². The average molecular weight is 279 g/mol. The van der Waals surface area contributed by atoms with Crippen molar-refractivity contribution in [3.05, 3.63) is 29.3 Å². The summed E-state index contributed by atoms with van der Waals surface area (Å²) in [5, 5.41) is 8.72. The Morgan fingerprint density at radius 2 is 1.75 bits per heavy atom. The minimum absolute atomic E-state index is 0.313. The van der Waals surface area contributed by atoms with Gasteiger partial charge in [0.2, 0.25) is 0 Å². The van der Waals surface area contributed by atoms with Gasteiger partial charge in [0.25, 0.3) is 0 Å². The zero-order chi connectivity index (χ0) is 14.8. The molecule has 0 saturated carbocycles. The molecule has 0 heterocycles. The van der Waals surface area contributed by atoms with E-state index in [1.165, 1.54) is 11.1 Å². The number of aliphatic hydroxyl groups excluding tert-OH is 1. The van der Waals surface area contributed by atoms with Gasteiger partial charge in [0, 0.05) is 13.2 Å². The van der Waals surface area contributed by atoms with Crippen molar-refractivity contribution >= 4 is 0 Å². The molecule has 0 aliphatic heterocycles. The molecular weight excluding hydrogens is 250 g/mol. The summed E-state index contributed by atoms with van der Waals surface area (Å²) < 4.78 is 5.78. The Morgan fingerprint density at radius 3 is 2.45 bits per heavy atom. The van der Waals surface area contributed by atoms with Crippen molar-refractivity contribution in [2.24, 2.45) is 0 Å². The van der Waals surface area contributed by atoms with Crippen LogP contribution in [0.5, 0.6) is 5.75 Å².